The molecule has 0 saturated heterocycles. The summed E-state index contributed by atoms with van der Waals surface area (Å²) in [5.74, 6) is -2.04. The number of pyridine rings is 1. The second-order valence-corrected chi connectivity index (χ2v) is 5.01. The van der Waals surface area contributed by atoms with Gasteiger partial charge in [-0.25, -0.2) is 13.8 Å². The summed E-state index contributed by atoms with van der Waals surface area (Å²) in [5, 5.41) is -0.978. The first kappa shape index (κ1) is 14.5. The van der Waals surface area contributed by atoms with Crippen LogP contribution in [0.15, 0.2) is 10.5 Å². The average molecular weight is 361 g/mol. The van der Waals surface area contributed by atoms with E-state index in [9.17, 15) is 22.0 Å². The van der Waals surface area contributed by atoms with Gasteiger partial charge in [-0.2, -0.15) is 13.2 Å². The van der Waals surface area contributed by atoms with Crippen LogP contribution in [0.2, 0.25) is 5.02 Å². The fourth-order valence-corrected chi connectivity index (χ4v) is 2.32. The van der Waals surface area contributed by atoms with Crippen LogP contribution < -0.4 is 0 Å². The molecule has 0 aliphatic rings. The number of fused-ring (bicyclic) bond motifs is 1. The van der Waals surface area contributed by atoms with Gasteiger partial charge in [-0.3, -0.25) is 0 Å². The number of rotatable bonds is 0. The summed E-state index contributed by atoms with van der Waals surface area (Å²) in [5.41, 5.74) is -2.52. The Bertz CT molecular complexity index is 683. The molecule has 2 rings (SSSR count). The maximum Gasteiger partial charge on any atom is 0.433 e. The van der Waals surface area contributed by atoms with Gasteiger partial charge < -0.3 is 0 Å². The molecular weight excluding hydrogens is 356 g/mol. The van der Waals surface area contributed by atoms with Gasteiger partial charge in [0, 0.05) is 0 Å². The fourth-order valence-electron chi connectivity index (χ4n) is 1.66. The van der Waals surface area contributed by atoms with Crippen molar-refractivity contribution in [1.82, 2.24) is 4.98 Å². The van der Waals surface area contributed by atoms with Crippen molar-refractivity contribution >= 4 is 38.4 Å². The smallest absolute Gasteiger partial charge is 0.240 e. The number of alkyl halides is 3. The van der Waals surface area contributed by atoms with E-state index < -0.39 is 45.0 Å². The van der Waals surface area contributed by atoms with Crippen LogP contribution in [0, 0.1) is 18.6 Å². The second-order valence-electron chi connectivity index (χ2n) is 3.77. The molecule has 2 aromatic rings. The van der Waals surface area contributed by atoms with Gasteiger partial charge in [0.25, 0.3) is 0 Å². The fraction of sp³-hybridized carbons (Fsp3) is 0.182. The highest BCUT2D eigenvalue weighted by molar-refractivity contribution is 9.10. The Morgan fingerprint density at radius 2 is 1.84 bits per heavy atom. The van der Waals surface area contributed by atoms with Crippen molar-refractivity contribution < 1.29 is 22.0 Å². The lowest BCUT2D eigenvalue weighted by Gasteiger charge is -2.14. The number of benzene rings is 1. The van der Waals surface area contributed by atoms with Crippen LogP contribution >= 0.6 is 27.5 Å². The Hall–Kier alpha value is -0.950. The van der Waals surface area contributed by atoms with Crippen LogP contribution in [-0.4, -0.2) is 4.98 Å². The van der Waals surface area contributed by atoms with Crippen molar-refractivity contribution in [2.24, 2.45) is 0 Å². The zero-order valence-electron chi connectivity index (χ0n) is 9.17. The maximum absolute atomic E-state index is 13.8. The van der Waals surface area contributed by atoms with Crippen molar-refractivity contribution in [3.05, 3.63) is 38.5 Å². The average Bonchev–Trinajstić information content (AvgIpc) is 2.28. The van der Waals surface area contributed by atoms with E-state index >= 15 is 0 Å². The zero-order chi connectivity index (χ0) is 14.5. The number of nitrogens with zero attached hydrogens (tertiary/aromatic N) is 1. The van der Waals surface area contributed by atoms with Crippen LogP contribution in [0.4, 0.5) is 22.0 Å². The molecule has 8 heteroatoms. The van der Waals surface area contributed by atoms with Gasteiger partial charge in [0.1, 0.15) is 17.0 Å². The Morgan fingerprint density at radius 1 is 1.26 bits per heavy atom. The minimum Gasteiger partial charge on any atom is -0.240 e. The van der Waals surface area contributed by atoms with E-state index in [0.29, 0.717) is 6.07 Å². The lowest BCUT2D eigenvalue weighted by Crippen LogP contribution is -2.12. The van der Waals surface area contributed by atoms with Crippen molar-refractivity contribution in [3.63, 3.8) is 0 Å². The molecule has 1 heterocycles. The molecule has 0 fully saturated rings. The molecule has 0 bridgehead atoms. The van der Waals surface area contributed by atoms with Gasteiger partial charge in [0.15, 0.2) is 5.82 Å². The molecular formula is C11H4BrClF5N. The normalized spacial score (nSPS) is 12.2. The molecule has 0 radical (unpaired) electrons. The molecule has 0 aliphatic carbocycles. The van der Waals surface area contributed by atoms with Gasteiger partial charge >= 0.3 is 6.18 Å². The highest BCUT2D eigenvalue weighted by Crippen LogP contribution is 2.39. The van der Waals surface area contributed by atoms with E-state index in [4.69, 9.17) is 11.6 Å². The van der Waals surface area contributed by atoms with E-state index in [1.807, 2.05) is 0 Å². The molecule has 19 heavy (non-hydrogen) atoms. The second kappa shape index (κ2) is 4.56. The van der Waals surface area contributed by atoms with Crippen molar-refractivity contribution in [3.8, 4) is 0 Å². The Morgan fingerprint density at radius 3 is 2.37 bits per heavy atom. The quantitative estimate of drug-likeness (QED) is 0.461. The molecule has 0 spiro atoms. The van der Waals surface area contributed by atoms with Crippen LogP contribution in [-0.2, 0) is 6.18 Å². The summed E-state index contributed by atoms with van der Waals surface area (Å²) in [6, 6.07) is 0.705. The molecule has 0 amide bonds. The van der Waals surface area contributed by atoms with E-state index in [1.165, 1.54) is 0 Å². The van der Waals surface area contributed by atoms with Gasteiger partial charge in [-0.05, 0) is 34.5 Å². The number of hydrogen-bond donors (Lipinski definition) is 0. The standard InChI is InChI=1S/C11H4BrClF5N/c1-3-7(13)6-8(15)4(12)2-5(14)9(6)19-10(3)11(16,17)18/h2H,1H3. The molecule has 102 valence electrons. The number of aromatic nitrogens is 1. The first-order valence-corrected chi connectivity index (χ1v) is 6.02. The first-order valence-electron chi connectivity index (χ1n) is 4.85. The van der Waals surface area contributed by atoms with Crippen LogP contribution in [0.1, 0.15) is 11.3 Å². The third kappa shape index (κ3) is 2.29. The Kier molecular flexibility index (Phi) is 3.47. The summed E-state index contributed by atoms with van der Waals surface area (Å²) in [6.45, 7) is 1.05. The van der Waals surface area contributed by atoms with Gasteiger partial charge in [-0.1, -0.05) is 11.6 Å². The monoisotopic (exact) mass is 359 g/mol. The SMILES string of the molecule is Cc1c(C(F)(F)F)nc2c(F)cc(Br)c(F)c2c1Cl. The highest BCUT2D eigenvalue weighted by Gasteiger charge is 2.36. The molecule has 1 aromatic heterocycles. The molecule has 1 aromatic carbocycles. The molecule has 1 nitrogen and oxygen atoms in total. The van der Waals surface area contributed by atoms with Crippen LogP contribution in [0.5, 0.6) is 0 Å². The summed E-state index contributed by atoms with van der Waals surface area (Å²) in [7, 11) is 0. The molecule has 0 N–H and O–H groups in total. The van der Waals surface area contributed by atoms with E-state index in [-0.39, 0.29) is 4.47 Å². The lowest BCUT2D eigenvalue weighted by molar-refractivity contribution is -0.141. The maximum atomic E-state index is 13.8. The number of halogens is 7. The Balaban J connectivity index is 3.01. The minimum atomic E-state index is -4.79. The highest BCUT2D eigenvalue weighted by atomic mass is 79.9. The minimum absolute atomic E-state index is 0.236. The largest absolute Gasteiger partial charge is 0.433 e. The summed E-state index contributed by atoms with van der Waals surface area (Å²) < 4.78 is 65.4. The third-order valence-corrected chi connectivity index (χ3v) is 3.59. The summed E-state index contributed by atoms with van der Waals surface area (Å²) in [6.07, 6.45) is -4.79. The molecule has 0 saturated carbocycles. The van der Waals surface area contributed by atoms with Crippen LogP contribution in [0.25, 0.3) is 10.9 Å². The first-order chi connectivity index (χ1) is 8.64. The predicted molar refractivity (Wildman–Crippen MR) is 64.1 cm³/mol. The summed E-state index contributed by atoms with van der Waals surface area (Å²) >= 11 is 8.48. The molecule has 0 atom stereocenters. The van der Waals surface area contributed by atoms with E-state index in [0.717, 1.165) is 6.92 Å². The van der Waals surface area contributed by atoms with Gasteiger partial charge in [0.05, 0.1) is 14.9 Å². The van der Waals surface area contributed by atoms with E-state index in [1.54, 1.807) is 0 Å². The van der Waals surface area contributed by atoms with Gasteiger partial charge in [0.2, 0.25) is 0 Å². The molecule has 0 aliphatic heterocycles. The van der Waals surface area contributed by atoms with Crippen molar-refractivity contribution in [2.75, 3.05) is 0 Å². The molecule has 0 unspecified atom stereocenters. The van der Waals surface area contributed by atoms with Crippen LogP contribution in [0.3, 0.4) is 0 Å². The number of hydrogen-bond acceptors (Lipinski definition) is 1. The van der Waals surface area contributed by atoms with Gasteiger partial charge in [-0.15, -0.1) is 0 Å². The van der Waals surface area contributed by atoms with E-state index in [2.05, 4.69) is 20.9 Å². The van der Waals surface area contributed by atoms with Crippen molar-refractivity contribution in [1.29, 1.82) is 0 Å². The Labute approximate surface area is 117 Å². The lowest BCUT2D eigenvalue weighted by atomic mass is 10.1. The topological polar surface area (TPSA) is 12.9 Å². The predicted octanol–water partition coefficient (Wildman–Crippen LogP) is 5.26. The third-order valence-electron chi connectivity index (χ3n) is 2.54. The summed E-state index contributed by atoms with van der Waals surface area (Å²) in [4.78, 5) is 3.16. The van der Waals surface area contributed by atoms with Crippen molar-refractivity contribution in [2.45, 2.75) is 13.1 Å². The zero-order valence-corrected chi connectivity index (χ0v) is 11.5.